The molecular weight excluding hydrogens is 681 g/mol. The van der Waals surface area contributed by atoms with Crippen molar-refractivity contribution in [3.63, 3.8) is 0 Å². The Kier molecular flexibility index (Phi) is 7.85. The molecule has 0 spiro atoms. The minimum atomic E-state index is -0.357. The van der Waals surface area contributed by atoms with E-state index in [0.717, 1.165) is 0 Å². The van der Waals surface area contributed by atoms with Crippen LogP contribution in [0.25, 0.3) is 53.0 Å². The number of hydrogen-bond donors (Lipinski definition) is 0. The van der Waals surface area contributed by atoms with Gasteiger partial charge in [0.05, 0.1) is 88.4 Å². The lowest BCUT2D eigenvalue weighted by Crippen LogP contribution is -2.26. The lowest BCUT2D eigenvalue weighted by atomic mass is 9.95. The fourth-order valence-electron chi connectivity index (χ4n) is 5.73. The quantitative estimate of drug-likeness (QED) is 0.232. The third kappa shape index (κ3) is 5.05. The maximum atomic E-state index is 10.4. The highest BCUT2D eigenvalue weighted by Crippen LogP contribution is 2.35. The summed E-state index contributed by atoms with van der Waals surface area (Å²) in [6.45, 7) is 30.0. The monoisotopic (exact) mass is 688 g/mol. The first kappa shape index (κ1) is 32.8. The van der Waals surface area contributed by atoms with Gasteiger partial charge in [-0.15, -0.1) is 0 Å². The van der Waals surface area contributed by atoms with Crippen LogP contribution in [0, 0.1) is 82.9 Å². The van der Waals surface area contributed by atoms with Crippen LogP contribution in [0.1, 0.15) is 11.1 Å². The Morgan fingerprint density at radius 1 is 0.500 bits per heavy atom. The Hall–Kier alpha value is -9.76. The highest BCUT2D eigenvalue weighted by Gasteiger charge is 2.23. The minimum Gasteiger partial charge on any atom is -0.250 e. The van der Waals surface area contributed by atoms with Crippen LogP contribution in [-0.4, -0.2) is 4.98 Å². The van der Waals surface area contributed by atoms with Crippen LogP contribution in [0.4, 0.5) is 5.69 Å². The SMILES string of the molecule is [C-]#[N+]/C(C#N)=C1/N=c2ccc(-c3cc(-c4ccc5c(c4C#N)=N/C(=C(\C#N)[N+]#[C-])N=5)nc(-c4ccc5c(c4C#N)=N/C(=C(\C#N)[N+]#[C-])N=5)c3)c([N+]#[C-])c2=N1. The first-order valence-corrected chi connectivity index (χ1v) is 14.9. The average molecular weight is 689 g/mol. The molecule has 7 rings (SSSR count). The fraction of sp³-hybridized carbons (Fsp3) is 0. The standard InChI is InChI=1S/C38H8N16/c1-44-29(15-41)36-49-24-9-6-20(22(13-39)32(24)52-36)27-11-18(19-5-8-26-35(34(19)47-4)54-38(51-26)31(17-43)46-3)12-28(48-27)21-7-10-25-33(23(21)14-40)53-37(50-25)30(16-42)45-2/h5-12H/b36-29+,37-30+,38-31-. The molecule has 54 heavy (non-hydrogen) atoms. The molecule has 240 valence electrons. The van der Waals surface area contributed by atoms with Gasteiger partial charge in [0, 0.05) is 11.1 Å². The summed E-state index contributed by atoms with van der Waals surface area (Å²) in [7, 11) is 0. The van der Waals surface area contributed by atoms with E-state index in [1.807, 2.05) is 0 Å². The van der Waals surface area contributed by atoms with E-state index >= 15 is 0 Å². The van der Waals surface area contributed by atoms with Crippen molar-refractivity contribution in [2.45, 2.75) is 0 Å². The summed E-state index contributed by atoms with van der Waals surface area (Å²) in [6, 6.07) is 22.2. The lowest BCUT2D eigenvalue weighted by Gasteiger charge is -2.13. The molecule has 16 nitrogen and oxygen atoms in total. The van der Waals surface area contributed by atoms with Gasteiger partial charge in [-0.05, 0) is 53.6 Å². The van der Waals surface area contributed by atoms with Crippen molar-refractivity contribution < 1.29 is 0 Å². The van der Waals surface area contributed by atoms with E-state index in [1.165, 1.54) is 0 Å². The van der Waals surface area contributed by atoms with Crippen LogP contribution in [0.2, 0.25) is 0 Å². The van der Waals surface area contributed by atoms with Crippen molar-refractivity contribution in [3.8, 4) is 64.0 Å². The molecule has 3 aliphatic rings. The van der Waals surface area contributed by atoms with Gasteiger partial charge in [0.15, 0.2) is 17.5 Å². The van der Waals surface area contributed by atoms with Crippen LogP contribution in [0.15, 0.2) is 113 Å². The van der Waals surface area contributed by atoms with E-state index in [-0.39, 0.29) is 106 Å². The summed E-state index contributed by atoms with van der Waals surface area (Å²) >= 11 is 0. The van der Waals surface area contributed by atoms with Crippen LogP contribution in [-0.2, 0) is 0 Å². The van der Waals surface area contributed by atoms with Crippen LogP contribution in [0.3, 0.4) is 0 Å². The Morgan fingerprint density at radius 3 is 1.26 bits per heavy atom. The van der Waals surface area contributed by atoms with Crippen LogP contribution >= 0.6 is 0 Å². The predicted molar refractivity (Wildman–Crippen MR) is 181 cm³/mol. The van der Waals surface area contributed by atoms with Gasteiger partial charge in [0.25, 0.3) is 0 Å². The molecule has 0 saturated heterocycles. The zero-order valence-electron chi connectivity index (χ0n) is 26.8. The fourth-order valence-corrected chi connectivity index (χ4v) is 5.73. The summed E-state index contributed by atoms with van der Waals surface area (Å²) in [6.07, 6.45) is 0. The van der Waals surface area contributed by atoms with Crippen LogP contribution in [0.5, 0.6) is 0 Å². The molecule has 0 N–H and O–H groups in total. The molecule has 4 heterocycles. The predicted octanol–water partition coefficient (Wildman–Crippen LogP) is 2.97. The normalized spacial score (nSPS) is 14.9. The molecule has 0 saturated carbocycles. The third-order valence-electron chi connectivity index (χ3n) is 8.09. The number of fused-ring (bicyclic) bond motifs is 3. The van der Waals surface area contributed by atoms with Gasteiger partial charge in [0.2, 0.25) is 5.69 Å². The van der Waals surface area contributed by atoms with E-state index in [0.29, 0.717) is 11.1 Å². The molecule has 0 bridgehead atoms. The molecule has 0 amide bonds. The molecule has 0 aliphatic carbocycles. The Bertz CT molecular complexity index is 3000. The second-order valence-corrected chi connectivity index (χ2v) is 10.9. The van der Waals surface area contributed by atoms with Gasteiger partial charge >= 0.3 is 17.1 Å². The second-order valence-electron chi connectivity index (χ2n) is 10.9. The van der Waals surface area contributed by atoms with Gasteiger partial charge in [-0.3, -0.25) is 0 Å². The molecule has 1 aromatic heterocycles. The number of allylic oxidation sites excluding steroid dienone is 3. The molecule has 4 aromatic rings. The van der Waals surface area contributed by atoms with Gasteiger partial charge in [-0.25, -0.2) is 70.1 Å². The van der Waals surface area contributed by atoms with Crippen LogP contribution < -0.4 is 32.1 Å². The lowest BCUT2D eigenvalue weighted by molar-refractivity contribution is 1.19. The van der Waals surface area contributed by atoms with Crippen molar-refractivity contribution in [1.82, 2.24) is 4.98 Å². The van der Waals surface area contributed by atoms with Gasteiger partial charge in [-0.1, -0.05) is 6.07 Å². The van der Waals surface area contributed by atoms with E-state index in [9.17, 15) is 26.3 Å². The second kappa shape index (κ2) is 12.9. The van der Waals surface area contributed by atoms with Crippen molar-refractivity contribution in [1.29, 1.82) is 26.3 Å². The van der Waals surface area contributed by atoms with E-state index < -0.39 is 0 Å². The number of nitriles is 5. The van der Waals surface area contributed by atoms with Crippen molar-refractivity contribution in [2.24, 2.45) is 30.0 Å². The zero-order valence-corrected chi connectivity index (χ0v) is 26.8. The summed E-state index contributed by atoms with van der Waals surface area (Å²) in [5, 5.41) is 50.2. The Labute approximate surface area is 302 Å². The summed E-state index contributed by atoms with van der Waals surface area (Å²) in [5.41, 5.74) is 0.701. The molecule has 16 heteroatoms. The molecule has 0 fully saturated rings. The van der Waals surface area contributed by atoms with Gasteiger partial charge < -0.3 is 0 Å². The number of aromatic nitrogens is 1. The maximum absolute atomic E-state index is 10.4. The number of benzene rings is 3. The van der Waals surface area contributed by atoms with E-state index in [2.05, 4.69) is 61.5 Å². The third-order valence-corrected chi connectivity index (χ3v) is 8.09. The average Bonchev–Trinajstić information content (AvgIpc) is 3.95. The summed E-state index contributed by atoms with van der Waals surface area (Å²) in [5.74, 6) is -0.415. The summed E-state index contributed by atoms with van der Waals surface area (Å²) < 4.78 is 0. The Morgan fingerprint density at radius 2 is 0.889 bits per heavy atom. The first-order chi connectivity index (χ1) is 26.3. The smallest absolute Gasteiger partial charge is 0.250 e. The maximum Gasteiger partial charge on any atom is 0.305 e. The largest absolute Gasteiger partial charge is 0.305 e. The highest BCUT2D eigenvalue weighted by atomic mass is 15.0. The van der Waals surface area contributed by atoms with Crippen molar-refractivity contribution in [2.75, 3.05) is 0 Å². The first-order valence-electron chi connectivity index (χ1n) is 14.9. The van der Waals surface area contributed by atoms with Gasteiger partial charge in [0.1, 0.15) is 22.9 Å². The van der Waals surface area contributed by atoms with E-state index in [4.69, 9.17) is 31.3 Å². The number of rotatable bonds is 3. The highest BCUT2D eigenvalue weighted by molar-refractivity contribution is 5.85. The number of nitrogens with zero attached hydrogens (tertiary/aromatic N) is 16. The topological polar surface area (TPSA) is 223 Å². The zero-order chi connectivity index (χ0) is 38.1. The van der Waals surface area contributed by atoms with Gasteiger partial charge in [-0.2, -0.15) is 10.5 Å². The molecule has 3 aromatic carbocycles. The molecule has 3 aliphatic heterocycles. The Balaban J connectivity index is 1.56. The number of pyridine rings is 1. The molecule has 0 atom stereocenters. The molecular formula is C38H8N16. The van der Waals surface area contributed by atoms with Crippen molar-refractivity contribution in [3.05, 3.63) is 172 Å². The number of hydrogen-bond acceptors (Lipinski definition) is 12. The minimum absolute atomic E-state index is 0.0245. The molecule has 0 unspecified atom stereocenters. The summed E-state index contributed by atoms with van der Waals surface area (Å²) in [4.78, 5) is 43.8. The molecule has 0 radical (unpaired) electrons. The van der Waals surface area contributed by atoms with Crippen molar-refractivity contribution >= 4 is 5.69 Å². The van der Waals surface area contributed by atoms with E-state index in [1.54, 1.807) is 66.7 Å².